The summed E-state index contributed by atoms with van der Waals surface area (Å²) in [5.41, 5.74) is 14.5. The molecular formula is C26H34N6O2. The quantitative estimate of drug-likeness (QED) is 0.317. The maximum absolute atomic E-state index is 10.6. The molecule has 0 bridgehead atoms. The van der Waals surface area contributed by atoms with Gasteiger partial charge >= 0.3 is 0 Å². The van der Waals surface area contributed by atoms with E-state index in [0.717, 1.165) is 41.2 Å². The average molecular weight is 463 g/mol. The molecule has 3 heterocycles. The average Bonchev–Trinajstić information content (AvgIpc) is 3.20. The number of fused-ring (bicyclic) bond motifs is 2. The maximum atomic E-state index is 10.6. The summed E-state index contributed by atoms with van der Waals surface area (Å²) in [7, 11) is 0. The Bertz CT molecular complexity index is 1300. The largest absolute Gasteiger partial charge is 0.384 e. The summed E-state index contributed by atoms with van der Waals surface area (Å²) >= 11 is 0. The van der Waals surface area contributed by atoms with Gasteiger partial charge in [0.15, 0.2) is 5.79 Å². The Kier molecular flexibility index (Phi) is 6.47. The number of nitrogens with two attached hydrogens (primary N) is 2. The van der Waals surface area contributed by atoms with Gasteiger partial charge in [-0.05, 0) is 68.4 Å². The molecule has 34 heavy (non-hydrogen) atoms. The fourth-order valence-electron chi connectivity index (χ4n) is 4.43. The lowest BCUT2D eigenvalue weighted by Crippen LogP contribution is -2.43. The molecule has 5 N–H and O–H groups in total. The maximum Gasteiger partial charge on any atom is 0.160 e. The molecule has 0 aliphatic rings. The van der Waals surface area contributed by atoms with Gasteiger partial charge in [0, 0.05) is 11.6 Å². The van der Waals surface area contributed by atoms with E-state index in [2.05, 4.69) is 47.0 Å². The van der Waals surface area contributed by atoms with Crippen LogP contribution in [0.4, 0.5) is 11.6 Å². The smallest absolute Gasteiger partial charge is 0.160 e. The number of nitrogens with zero attached hydrogens (tertiary/aromatic N) is 4. The predicted octanol–water partition coefficient (Wildman–Crippen LogP) is 4.31. The molecule has 0 radical (unpaired) electrons. The van der Waals surface area contributed by atoms with E-state index >= 15 is 0 Å². The molecule has 0 aliphatic carbocycles. The van der Waals surface area contributed by atoms with E-state index in [4.69, 9.17) is 16.2 Å². The molecule has 3 aromatic heterocycles. The highest BCUT2D eigenvalue weighted by Crippen LogP contribution is 2.37. The Morgan fingerprint density at radius 3 is 2.59 bits per heavy atom. The van der Waals surface area contributed by atoms with Crippen LogP contribution in [0.2, 0.25) is 0 Å². The van der Waals surface area contributed by atoms with Crippen molar-refractivity contribution in [3.63, 3.8) is 0 Å². The first-order valence-electron chi connectivity index (χ1n) is 11.7. The highest BCUT2D eigenvalue weighted by atomic mass is 16.6. The minimum atomic E-state index is -1.28. The Labute approximate surface area is 200 Å². The van der Waals surface area contributed by atoms with Gasteiger partial charge in [-0.25, -0.2) is 15.0 Å². The fourth-order valence-corrected chi connectivity index (χ4v) is 4.43. The van der Waals surface area contributed by atoms with Crippen LogP contribution in [0, 0.1) is 5.41 Å². The summed E-state index contributed by atoms with van der Waals surface area (Å²) in [6, 6.07) is 12.1. The van der Waals surface area contributed by atoms with Gasteiger partial charge < -0.3 is 25.9 Å². The summed E-state index contributed by atoms with van der Waals surface area (Å²) in [5.74, 6) is -0.305. The number of aliphatic hydroxyl groups is 1. The first-order valence-corrected chi connectivity index (χ1v) is 11.7. The van der Waals surface area contributed by atoms with Gasteiger partial charge in [0.25, 0.3) is 0 Å². The van der Waals surface area contributed by atoms with E-state index in [0.29, 0.717) is 18.2 Å². The SMILES string of the molecule is CC[C@](C)(CCc1ccc2ccc(N)nc2c1)[C@H](Cn1ccc2c(N)ncnc21)OC(C)(C)O. The lowest BCUT2D eigenvalue weighted by Gasteiger charge is -2.40. The van der Waals surface area contributed by atoms with Crippen molar-refractivity contribution in [2.75, 3.05) is 11.5 Å². The molecule has 0 amide bonds. The lowest BCUT2D eigenvalue weighted by atomic mass is 9.76. The van der Waals surface area contributed by atoms with Crippen LogP contribution in [-0.4, -0.2) is 36.5 Å². The van der Waals surface area contributed by atoms with Crippen LogP contribution < -0.4 is 11.5 Å². The van der Waals surface area contributed by atoms with Gasteiger partial charge in [0.1, 0.15) is 23.6 Å². The van der Waals surface area contributed by atoms with Crippen molar-refractivity contribution in [2.24, 2.45) is 5.41 Å². The molecule has 2 atom stereocenters. The van der Waals surface area contributed by atoms with E-state index in [1.165, 1.54) is 11.9 Å². The number of anilines is 2. The number of aromatic nitrogens is 4. The van der Waals surface area contributed by atoms with Crippen LogP contribution in [-0.2, 0) is 17.7 Å². The van der Waals surface area contributed by atoms with E-state index in [1.54, 1.807) is 13.8 Å². The van der Waals surface area contributed by atoms with Crippen molar-refractivity contribution < 1.29 is 9.84 Å². The van der Waals surface area contributed by atoms with Crippen molar-refractivity contribution in [3.8, 4) is 0 Å². The molecule has 0 fully saturated rings. The van der Waals surface area contributed by atoms with Gasteiger partial charge in [-0.3, -0.25) is 0 Å². The van der Waals surface area contributed by atoms with Gasteiger partial charge in [-0.2, -0.15) is 0 Å². The molecular weight excluding hydrogens is 428 g/mol. The van der Waals surface area contributed by atoms with E-state index in [-0.39, 0.29) is 11.5 Å². The number of benzene rings is 1. The molecule has 0 unspecified atom stereocenters. The van der Waals surface area contributed by atoms with Crippen LogP contribution in [0.1, 0.15) is 46.1 Å². The second-order valence-electron chi connectivity index (χ2n) is 9.79. The van der Waals surface area contributed by atoms with E-state index < -0.39 is 5.79 Å². The summed E-state index contributed by atoms with van der Waals surface area (Å²) in [6.45, 7) is 8.25. The Balaban J connectivity index is 1.60. The molecule has 1 aromatic carbocycles. The lowest BCUT2D eigenvalue weighted by molar-refractivity contribution is -0.234. The van der Waals surface area contributed by atoms with Crippen molar-refractivity contribution in [1.29, 1.82) is 0 Å². The normalized spacial score (nSPS) is 15.0. The molecule has 180 valence electrons. The Morgan fingerprint density at radius 2 is 1.85 bits per heavy atom. The van der Waals surface area contributed by atoms with Crippen molar-refractivity contribution in [1.82, 2.24) is 19.5 Å². The van der Waals surface area contributed by atoms with Gasteiger partial charge in [0.05, 0.1) is 23.6 Å². The first-order chi connectivity index (χ1) is 16.1. The number of hydrogen-bond donors (Lipinski definition) is 3. The molecule has 0 saturated carbocycles. The van der Waals surface area contributed by atoms with Crippen LogP contribution in [0.15, 0.2) is 48.9 Å². The second-order valence-corrected chi connectivity index (χ2v) is 9.79. The van der Waals surface area contributed by atoms with Gasteiger partial charge in [0.2, 0.25) is 0 Å². The minimum Gasteiger partial charge on any atom is -0.384 e. The molecule has 8 nitrogen and oxygen atoms in total. The minimum absolute atomic E-state index is 0.215. The number of rotatable bonds is 9. The molecule has 4 aromatic rings. The highest BCUT2D eigenvalue weighted by molar-refractivity contribution is 5.86. The number of pyridine rings is 1. The third kappa shape index (κ3) is 5.13. The molecule has 4 rings (SSSR count). The zero-order valence-corrected chi connectivity index (χ0v) is 20.3. The summed E-state index contributed by atoms with van der Waals surface area (Å²) in [6.07, 6.45) is 5.76. The van der Waals surface area contributed by atoms with Crippen LogP contribution in [0.3, 0.4) is 0 Å². The van der Waals surface area contributed by atoms with Gasteiger partial charge in [-0.1, -0.05) is 26.0 Å². The summed E-state index contributed by atoms with van der Waals surface area (Å²) in [5, 5.41) is 12.4. The van der Waals surface area contributed by atoms with Crippen molar-refractivity contribution >= 4 is 33.6 Å². The molecule has 0 spiro atoms. The van der Waals surface area contributed by atoms with Crippen LogP contribution >= 0.6 is 0 Å². The van der Waals surface area contributed by atoms with Crippen LogP contribution in [0.5, 0.6) is 0 Å². The molecule has 8 heteroatoms. The summed E-state index contributed by atoms with van der Waals surface area (Å²) in [4.78, 5) is 13.0. The Morgan fingerprint density at radius 1 is 1.09 bits per heavy atom. The fraction of sp³-hybridized carbons (Fsp3) is 0.423. The number of hydrogen-bond acceptors (Lipinski definition) is 7. The first kappa shape index (κ1) is 23.9. The predicted molar refractivity (Wildman–Crippen MR) is 136 cm³/mol. The van der Waals surface area contributed by atoms with Crippen molar-refractivity contribution in [3.05, 3.63) is 54.5 Å². The summed E-state index contributed by atoms with van der Waals surface area (Å²) < 4.78 is 8.28. The number of ether oxygens (including phenoxy) is 1. The van der Waals surface area contributed by atoms with E-state index in [9.17, 15) is 5.11 Å². The third-order valence-electron chi connectivity index (χ3n) is 6.73. The molecule has 0 saturated heterocycles. The standard InChI is InChI=1S/C26H34N6O2/c1-5-26(4,12-10-17-6-7-18-8-9-22(27)31-20(18)14-17)21(34-25(2,3)33)15-32-13-11-19-23(28)29-16-30-24(19)32/h6-9,11,13-14,16,21,33H,5,10,12,15H2,1-4H3,(H2,27,31)(H2,28,29,30)/t21-,26+/m0/s1. The topological polar surface area (TPSA) is 125 Å². The van der Waals surface area contributed by atoms with Crippen molar-refractivity contribution in [2.45, 2.75) is 65.4 Å². The van der Waals surface area contributed by atoms with Gasteiger partial charge in [-0.15, -0.1) is 0 Å². The monoisotopic (exact) mass is 462 g/mol. The van der Waals surface area contributed by atoms with E-state index in [1.807, 2.05) is 29.0 Å². The third-order valence-corrected chi connectivity index (χ3v) is 6.73. The zero-order valence-electron chi connectivity index (χ0n) is 20.3. The zero-order chi connectivity index (χ0) is 24.5. The number of aryl methyl sites for hydroxylation is 1. The Hall–Kier alpha value is -3.23. The number of nitrogen functional groups attached to an aromatic ring is 2. The second kappa shape index (κ2) is 9.19. The molecule has 0 aliphatic heterocycles. The highest BCUT2D eigenvalue weighted by Gasteiger charge is 2.37. The van der Waals surface area contributed by atoms with Crippen LogP contribution in [0.25, 0.3) is 21.9 Å².